The van der Waals surface area contributed by atoms with Crippen molar-refractivity contribution in [3.63, 3.8) is 0 Å². The van der Waals surface area contributed by atoms with Crippen LogP contribution in [0.1, 0.15) is 25.9 Å². The summed E-state index contributed by atoms with van der Waals surface area (Å²) in [4.78, 5) is 33.0. The minimum atomic E-state index is -0.204. The van der Waals surface area contributed by atoms with Gasteiger partial charge in [-0.2, -0.15) is 0 Å². The molecule has 0 saturated heterocycles. The van der Waals surface area contributed by atoms with Gasteiger partial charge in [-0.3, -0.25) is 9.59 Å². The first-order valence-corrected chi connectivity index (χ1v) is 7.24. The number of nitrogens with one attached hydrogen (secondary N) is 1. The quantitative estimate of drug-likeness (QED) is 0.756. The summed E-state index contributed by atoms with van der Waals surface area (Å²) < 4.78 is 0. The molecule has 0 unspecified atom stereocenters. The molecule has 5 nitrogen and oxygen atoms in total. The molecule has 0 bridgehead atoms. The Hall–Kier alpha value is -2.47. The molecular formula is C15H13N3O2S. The number of carbonyl (C=O) groups is 2. The van der Waals surface area contributed by atoms with Crippen LogP contribution in [0.25, 0.3) is 10.9 Å². The summed E-state index contributed by atoms with van der Waals surface area (Å²) in [7, 11) is 3.31. The molecule has 0 aliphatic rings. The summed E-state index contributed by atoms with van der Waals surface area (Å²) in [6, 6.07) is 7.59. The zero-order chi connectivity index (χ0) is 15.0. The van der Waals surface area contributed by atoms with E-state index >= 15 is 0 Å². The second kappa shape index (κ2) is 5.14. The smallest absolute Gasteiger partial charge is 0.272 e. The van der Waals surface area contributed by atoms with Gasteiger partial charge in [-0.15, -0.1) is 11.3 Å². The van der Waals surface area contributed by atoms with Crippen molar-refractivity contribution < 1.29 is 9.59 Å². The van der Waals surface area contributed by atoms with Crippen molar-refractivity contribution in [2.75, 3.05) is 14.1 Å². The predicted octanol–water partition coefficient (Wildman–Crippen LogP) is 2.56. The number of hydrogen-bond acceptors (Lipinski definition) is 4. The maximum absolute atomic E-state index is 12.5. The fourth-order valence-electron chi connectivity index (χ4n) is 2.08. The molecule has 0 aliphatic heterocycles. The lowest BCUT2D eigenvalue weighted by molar-refractivity contribution is 0.0822. The standard InChI is InChI=1S/C15H13N3O2S/c1-18(2)15(20)12-8-21-14(17-12)13(19)10-7-16-11-6-4-3-5-9(10)11/h3-8,16H,1-2H3. The van der Waals surface area contributed by atoms with E-state index in [1.54, 1.807) is 25.7 Å². The van der Waals surface area contributed by atoms with Crippen LogP contribution in [0, 0.1) is 0 Å². The fraction of sp³-hybridized carbons (Fsp3) is 0.133. The highest BCUT2D eigenvalue weighted by atomic mass is 32.1. The summed E-state index contributed by atoms with van der Waals surface area (Å²) in [5.74, 6) is -0.375. The van der Waals surface area contributed by atoms with Gasteiger partial charge >= 0.3 is 0 Å². The van der Waals surface area contributed by atoms with E-state index in [2.05, 4.69) is 9.97 Å². The van der Waals surface area contributed by atoms with E-state index in [0.717, 1.165) is 10.9 Å². The number of ketones is 1. The number of rotatable bonds is 3. The minimum Gasteiger partial charge on any atom is -0.360 e. The van der Waals surface area contributed by atoms with Crippen LogP contribution in [-0.2, 0) is 0 Å². The molecule has 0 radical (unpaired) electrons. The number of H-pyrrole nitrogens is 1. The summed E-state index contributed by atoms with van der Waals surface area (Å²) in [6.45, 7) is 0. The molecule has 0 atom stereocenters. The maximum atomic E-state index is 12.5. The number of benzene rings is 1. The summed E-state index contributed by atoms with van der Waals surface area (Å²) >= 11 is 1.19. The monoisotopic (exact) mass is 299 g/mol. The maximum Gasteiger partial charge on any atom is 0.272 e. The molecule has 3 aromatic rings. The first-order valence-electron chi connectivity index (χ1n) is 6.36. The number of aromatic amines is 1. The summed E-state index contributed by atoms with van der Waals surface area (Å²) in [5, 5.41) is 2.80. The Kier molecular flexibility index (Phi) is 3.31. The number of carbonyl (C=O) groups excluding carboxylic acids is 2. The zero-order valence-corrected chi connectivity index (χ0v) is 12.4. The van der Waals surface area contributed by atoms with E-state index in [0.29, 0.717) is 16.3 Å². The number of fused-ring (bicyclic) bond motifs is 1. The summed E-state index contributed by atoms with van der Waals surface area (Å²) in [5.41, 5.74) is 1.78. The van der Waals surface area contributed by atoms with Crippen molar-refractivity contribution in [3.8, 4) is 0 Å². The lowest BCUT2D eigenvalue weighted by Gasteiger charge is -2.06. The first kappa shape index (κ1) is 13.5. The van der Waals surface area contributed by atoms with Crippen LogP contribution >= 0.6 is 11.3 Å². The molecular weight excluding hydrogens is 286 g/mol. The number of para-hydroxylation sites is 1. The van der Waals surface area contributed by atoms with Gasteiger partial charge in [0.15, 0.2) is 5.01 Å². The Labute approximate surface area is 125 Å². The number of hydrogen-bond donors (Lipinski definition) is 1. The molecule has 1 aromatic carbocycles. The van der Waals surface area contributed by atoms with Crippen LogP contribution in [0.3, 0.4) is 0 Å². The third-order valence-electron chi connectivity index (χ3n) is 3.16. The van der Waals surface area contributed by atoms with Gasteiger partial charge in [0.1, 0.15) is 5.69 Å². The normalized spacial score (nSPS) is 10.8. The van der Waals surface area contributed by atoms with Crippen molar-refractivity contribution >= 4 is 33.9 Å². The molecule has 21 heavy (non-hydrogen) atoms. The fourth-order valence-corrected chi connectivity index (χ4v) is 2.82. The lowest BCUT2D eigenvalue weighted by atomic mass is 10.1. The van der Waals surface area contributed by atoms with E-state index in [1.807, 2.05) is 24.3 Å². The third-order valence-corrected chi connectivity index (χ3v) is 4.00. The zero-order valence-electron chi connectivity index (χ0n) is 11.6. The van der Waals surface area contributed by atoms with E-state index in [9.17, 15) is 9.59 Å². The minimum absolute atomic E-state index is 0.171. The van der Waals surface area contributed by atoms with Gasteiger partial charge in [-0.25, -0.2) is 4.98 Å². The molecule has 0 aliphatic carbocycles. The van der Waals surface area contributed by atoms with Crippen LogP contribution in [0.4, 0.5) is 0 Å². The Bertz CT molecular complexity index is 832. The lowest BCUT2D eigenvalue weighted by Crippen LogP contribution is -2.22. The van der Waals surface area contributed by atoms with Gasteiger partial charge in [0, 0.05) is 36.6 Å². The van der Waals surface area contributed by atoms with E-state index in [4.69, 9.17) is 0 Å². The summed E-state index contributed by atoms with van der Waals surface area (Å²) in [6.07, 6.45) is 1.68. The van der Waals surface area contributed by atoms with Crippen molar-refractivity contribution in [2.45, 2.75) is 0 Å². The average Bonchev–Trinajstić information content (AvgIpc) is 3.12. The molecule has 106 valence electrons. The van der Waals surface area contributed by atoms with Crippen molar-refractivity contribution in [3.05, 3.63) is 52.1 Å². The Balaban J connectivity index is 1.97. The van der Waals surface area contributed by atoms with Gasteiger partial charge in [0.2, 0.25) is 5.78 Å². The second-order valence-corrected chi connectivity index (χ2v) is 5.67. The number of nitrogens with zero attached hydrogens (tertiary/aromatic N) is 2. The van der Waals surface area contributed by atoms with Gasteiger partial charge < -0.3 is 9.88 Å². The SMILES string of the molecule is CN(C)C(=O)c1csc(C(=O)c2c[nH]c3ccccc23)n1. The molecule has 0 fully saturated rings. The molecule has 3 rings (SSSR count). The van der Waals surface area contributed by atoms with E-state index < -0.39 is 0 Å². The Morgan fingerprint density at radius 2 is 2.00 bits per heavy atom. The van der Waals surface area contributed by atoms with Crippen LogP contribution in [-0.4, -0.2) is 40.7 Å². The molecule has 0 saturated carbocycles. The predicted molar refractivity (Wildman–Crippen MR) is 81.9 cm³/mol. The van der Waals surface area contributed by atoms with Crippen molar-refractivity contribution in [2.24, 2.45) is 0 Å². The first-order chi connectivity index (χ1) is 10.1. The number of amides is 1. The molecule has 2 heterocycles. The third kappa shape index (κ3) is 2.34. The van der Waals surface area contributed by atoms with Gasteiger partial charge in [-0.1, -0.05) is 18.2 Å². The van der Waals surface area contributed by atoms with Gasteiger partial charge in [-0.05, 0) is 6.07 Å². The topological polar surface area (TPSA) is 66.1 Å². The highest BCUT2D eigenvalue weighted by Crippen LogP contribution is 2.22. The molecule has 2 aromatic heterocycles. The van der Waals surface area contributed by atoms with Crippen LogP contribution in [0.15, 0.2) is 35.8 Å². The second-order valence-electron chi connectivity index (χ2n) is 4.81. The molecule has 6 heteroatoms. The van der Waals surface area contributed by atoms with E-state index in [1.165, 1.54) is 16.2 Å². The van der Waals surface area contributed by atoms with Crippen LogP contribution in [0.2, 0.25) is 0 Å². The largest absolute Gasteiger partial charge is 0.360 e. The molecule has 1 amide bonds. The highest BCUT2D eigenvalue weighted by Gasteiger charge is 2.20. The van der Waals surface area contributed by atoms with Gasteiger partial charge in [0.05, 0.1) is 5.56 Å². The van der Waals surface area contributed by atoms with Crippen molar-refractivity contribution in [1.82, 2.24) is 14.9 Å². The number of thiazole rings is 1. The highest BCUT2D eigenvalue weighted by molar-refractivity contribution is 7.12. The van der Waals surface area contributed by atoms with E-state index in [-0.39, 0.29) is 11.7 Å². The van der Waals surface area contributed by atoms with Crippen molar-refractivity contribution in [1.29, 1.82) is 0 Å². The van der Waals surface area contributed by atoms with Gasteiger partial charge in [0.25, 0.3) is 5.91 Å². The van der Waals surface area contributed by atoms with Crippen LogP contribution in [0.5, 0.6) is 0 Å². The Morgan fingerprint density at radius 1 is 1.24 bits per heavy atom. The van der Waals surface area contributed by atoms with Crippen LogP contribution < -0.4 is 0 Å². The average molecular weight is 299 g/mol. The number of aromatic nitrogens is 2. The molecule has 1 N–H and O–H groups in total. The molecule has 0 spiro atoms. The Morgan fingerprint density at radius 3 is 2.76 bits per heavy atom.